The number of carbonyl (C=O) groups is 2. The lowest BCUT2D eigenvalue weighted by Gasteiger charge is -2.04. The third kappa shape index (κ3) is 3.76. The molecule has 1 heterocycles. The van der Waals surface area contributed by atoms with Crippen LogP contribution in [-0.2, 0) is 6.54 Å². The zero-order valence-electron chi connectivity index (χ0n) is 17.2. The average molecular weight is 415 g/mol. The summed E-state index contributed by atoms with van der Waals surface area (Å²) in [5.74, 6) is -0.374. The van der Waals surface area contributed by atoms with E-state index in [0.29, 0.717) is 21.5 Å². The summed E-state index contributed by atoms with van der Waals surface area (Å²) in [6.07, 6.45) is 0. The number of hydrogen-bond acceptors (Lipinski definition) is 3. The molecule has 0 spiro atoms. The van der Waals surface area contributed by atoms with Crippen molar-refractivity contribution >= 4 is 33.2 Å². The normalized spacial score (nSPS) is 11.8. The van der Waals surface area contributed by atoms with Gasteiger partial charge < -0.3 is 4.57 Å². The zero-order chi connectivity index (χ0) is 21.3. The van der Waals surface area contributed by atoms with Gasteiger partial charge in [-0.3, -0.25) is 9.59 Å². The molecule has 4 nitrogen and oxygen atoms in total. The molecule has 0 aliphatic carbocycles. The molecule has 0 radical (unpaired) electrons. The maximum absolute atomic E-state index is 12.8. The van der Waals surface area contributed by atoms with Gasteiger partial charge >= 0.3 is 0 Å². The molecule has 0 aliphatic rings. The number of nitrogens with zero attached hydrogens (tertiary/aromatic N) is 2. The number of benzene rings is 3. The second kappa shape index (κ2) is 8.20. The van der Waals surface area contributed by atoms with Crippen molar-refractivity contribution in [1.29, 1.82) is 0 Å². The summed E-state index contributed by atoms with van der Waals surface area (Å²) in [6.45, 7) is 6.96. The molecule has 150 valence electrons. The first-order valence-corrected chi connectivity index (χ1v) is 10.7. The standard InChI is InChI=1S/C25H22N2O2S/c1-4-27-21-14-16(2)17(3)15-22(21)30-25(27)26-24(29)20-12-10-19(11-13-20)23(28)18-8-6-5-7-9-18/h5-15H,4H2,1-3H3. The smallest absolute Gasteiger partial charge is 0.279 e. The molecule has 4 rings (SSSR count). The van der Waals surface area contributed by atoms with Crippen LogP contribution in [0.2, 0.25) is 0 Å². The first-order valence-electron chi connectivity index (χ1n) is 9.87. The van der Waals surface area contributed by atoms with E-state index in [1.807, 2.05) is 18.2 Å². The molecule has 0 saturated carbocycles. The molecule has 0 fully saturated rings. The Balaban J connectivity index is 1.67. The lowest BCUT2D eigenvalue weighted by atomic mass is 10.0. The maximum atomic E-state index is 12.8. The number of aromatic nitrogens is 1. The second-order valence-electron chi connectivity index (χ2n) is 7.22. The van der Waals surface area contributed by atoms with Gasteiger partial charge in [0.15, 0.2) is 10.6 Å². The Labute approximate surface area is 179 Å². The van der Waals surface area contributed by atoms with E-state index < -0.39 is 0 Å². The molecule has 0 unspecified atom stereocenters. The third-order valence-electron chi connectivity index (χ3n) is 5.24. The van der Waals surface area contributed by atoms with E-state index in [1.54, 1.807) is 36.4 Å². The van der Waals surface area contributed by atoms with Gasteiger partial charge in [-0.1, -0.05) is 53.8 Å². The van der Waals surface area contributed by atoms with E-state index in [9.17, 15) is 9.59 Å². The summed E-state index contributed by atoms with van der Waals surface area (Å²) < 4.78 is 3.19. The predicted molar refractivity (Wildman–Crippen MR) is 121 cm³/mol. The van der Waals surface area contributed by atoms with Gasteiger partial charge in [0.25, 0.3) is 5.91 Å². The van der Waals surface area contributed by atoms with Crippen LogP contribution >= 0.6 is 11.3 Å². The summed E-state index contributed by atoms with van der Waals surface area (Å²) in [5.41, 5.74) is 5.19. The number of amides is 1. The van der Waals surface area contributed by atoms with Crippen LogP contribution in [0.1, 0.15) is 44.3 Å². The van der Waals surface area contributed by atoms with Crippen LogP contribution in [-0.4, -0.2) is 16.3 Å². The molecule has 0 atom stereocenters. The summed E-state index contributed by atoms with van der Waals surface area (Å²) >= 11 is 1.52. The van der Waals surface area contributed by atoms with Crippen molar-refractivity contribution in [2.24, 2.45) is 4.99 Å². The van der Waals surface area contributed by atoms with Gasteiger partial charge in [0.2, 0.25) is 0 Å². The molecular weight excluding hydrogens is 392 g/mol. The van der Waals surface area contributed by atoms with E-state index >= 15 is 0 Å². The summed E-state index contributed by atoms with van der Waals surface area (Å²) in [4.78, 5) is 30.4. The van der Waals surface area contributed by atoms with E-state index in [2.05, 4.69) is 42.5 Å². The van der Waals surface area contributed by atoms with Crippen molar-refractivity contribution in [3.63, 3.8) is 0 Å². The molecule has 0 aliphatic heterocycles. The summed E-state index contributed by atoms with van der Waals surface area (Å²) in [7, 11) is 0. The van der Waals surface area contributed by atoms with Crippen molar-refractivity contribution in [3.05, 3.63) is 99.3 Å². The lowest BCUT2D eigenvalue weighted by molar-refractivity contribution is 0.0994. The van der Waals surface area contributed by atoms with Gasteiger partial charge in [-0.05, 0) is 56.2 Å². The highest BCUT2D eigenvalue weighted by atomic mass is 32.1. The lowest BCUT2D eigenvalue weighted by Crippen LogP contribution is -2.16. The summed E-state index contributed by atoms with van der Waals surface area (Å²) in [5, 5.41) is 0. The van der Waals surface area contributed by atoms with Crippen LogP contribution in [0.5, 0.6) is 0 Å². The van der Waals surface area contributed by atoms with Crippen LogP contribution in [0.3, 0.4) is 0 Å². The number of carbonyl (C=O) groups excluding carboxylic acids is 2. The first kappa shape index (κ1) is 20.0. The van der Waals surface area contributed by atoms with Crippen LogP contribution in [0, 0.1) is 13.8 Å². The third-order valence-corrected chi connectivity index (χ3v) is 6.28. The highest BCUT2D eigenvalue weighted by Crippen LogP contribution is 2.22. The van der Waals surface area contributed by atoms with Gasteiger partial charge in [0.1, 0.15) is 0 Å². The monoisotopic (exact) mass is 414 g/mol. The fraction of sp³-hybridized carbons (Fsp3) is 0.160. The van der Waals surface area contributed by atoms with E-state index in [0.717, 1.165) is 16.8 Å². The zero-order valence-corrected chi connectivity index (χ0v) is 18.0. The van der Waals surface area contributed by atoms with Crippen molar-refractivity contribution in [3.8, 4) is 0 Å². The van der Waals surface area contributed by atoms with Gasteiger partial charge in [0, 0.05) is 23.2 Å². The number of thiazole rings is 1. The van der Waals surface area contributed by atoms with Crippen molar-refractivity contribution < 1.29 is 9.59 Å². The van der Waals surface area contributed by atoms with Crippen LogP contribution < -0.4 is 4.80 Å². The van der Waals surface area contributed by atoms with Gasteiger partial charge in [-0.15, -0.1) is 0 Å². The topological polar surface area (TPSA) is 51.4 Å². The number of aryl methyl sites for hydroxylation is 3. The minimum absolute atomic E-state index is 0.0643. The van der Waals surface area contributed by atoms with Gasteiger partial charge in [-0.25, -0.2) is 0 Å². The molecular formula is C25H22N2O2S. The van der Waals surface area contributed by atoms with Crippen molar-refractivity contribution in [2.75, 3.05) is 0 Å². The van der Waals surface area contributed by atoms with Gasteiger partial charge in [0.05, 0.1) is 10.2 Å². The molecule has 0 bridgehead atoms. The molecule has 30 heavy (non-hydrogen) atoms. The quantitative estimate of drug-likeness (QED) is 0.425. The highest BCUT2D eigenvalue weighted by molar-refractivity contribution is 7.16. The Morgan fingerprint density at radius 3 is 2.13 bits per heavy atom. The fourth-order valence-electron chi connectivity index (χ4n) is 3.38. The molecule has 4 aromatic rings. The Bertz CT molecular complexity index is 1310. The SMILES string of the molecule is CCn1c(=NC(=O)c2ccc(C(=O)c3ccccc3)cc2)sc2cc(C)c(C)cc21. The van der Waals surface area contributed by atoms with Gasteiger partial charge in [-0.2, -0.15) is 4.99 Å². The first-order chi connectivity index (χ1) is 14.5. The Hall–Kier alpha value is -3.31. The average Bonchev–Trinajstić information content (AvgIpc) is 3.09. The largest absolute Gasteiger partial charge is 0.317 e. The summed E-state index contributed by atoms with van der Waals surface area (Å²) in [6, 6.07) is 20.1. The fourth-order valence-corrected chi connectivity index (χ4v) is 4.56. The predicted octanol–water partition coefficient (Wildman–Crippen LogP) is 5.31. The van der Waals surface area contributed by atoms with E-state index in [4.69, 9.17) is 0 Å². The van der Waals surface area contributed by atoms with Crippen LogP contribution in [0.25, 0.3) is 10.2 Å². The number of rotatable bonds is 4. The van der Waals surface area contributed by atoms with E-state index in [1.165, 1.54) is 22.5 Å². The van der Waals surface area contributed by atoms with E-state index in [-0.39, 0.29) is 11.7 Å². The molecule has 0 saturated heterocycles. The number of fused-ring (bicyclic) bond motifs is 1. The van der Waals surface area contributed by atoms with Crippen LogP contribution in [0.4, 0.5) is 0 Å². The van der Waals surface area contributed by atoms with Crippen molar-refractivity contribution in [2.45, 2.75) is 27.3 Å². The Kier molecular flexibility index (Phi) is 5.46. The Morgan fingerprint density at radius 1 is 0.867 bits per heavy atom. The number of hydrogen-bond donors (Lipinski definition) is 0. The minimum Gasteiger partial charge on any atom is -0.317 e. The van der Waals surface area contributed by atoms with Crippen LogP contribution in [0.15, 0.2) is 71.7 Å². The molecule has 5 heteroatoms. The highest BCUT2D eigenvalue weighted by Gasteiger charge is 2.12. The molecule has 1 aromatic heterocycles. The maximum Gasteiger partial charge on any atom is 0.279 e. The molecule has 1 amide bonds. The molecule has 3 aromatic carbocycles. The van der Waals surface area contributed by atoms with Crippen molar-refractivity contribution in [1.82, 2.24) is 4.57 Å². The number of ketones is 1. The minimum atomic E-state index is -0.309. The molecule has 0 N–H and O–H groups in total. The second-order valence-corrected chi connectivity index (χ2v) is 8.23. The Morgan fingerprint density at radius 2 is 1.47 bits per heavy atom.